The molecule has 0 spiro atoms. The third-order valence-corrected chi connectivity index (χ3v) is 4.11. The number of amides is 1. The van der Waals surface area contributed by atoms with Crippen molar-refractivity contribution < 1.29 is 4.79 Å². The zero-order valence-corrected chi connectivity index (χ0v) is 12.3. The lowest BCUT2D eigenvalue weighted by Crippen LogP contribution is -2.35. The summed E-state index contributed by atoms with van der Waals surface area (Å²) in [4.78, 5) is 12.1. The van der Waals surface area contributed by atoms with E-state index in [0.717, 1.165) is 29.0 Å². The van der Waals surface area contributed by atoms with Crippen LogP contribution in [0.1, 0.15) is 49.7 Å². The molecular weight excluding hydrogens is 258 g/mol. The minimum Gasteiger partial charge on any atom is -0.353 e. The summed E-state index contributed by atoms with van der Waals surface area (Å²) in [6.45, 7) is 2.00. The van der Waals surface area contributed by atoms with Crippen molar-refractivity contribution in [3.63, 3.8) is 0 Å². The molecule has 0 saturated heterocycles. The third-order valence-electron chi connectivity index (χ3n) is 3.88. The molecule has 19 heavy (non-hydrogen) atoms. The third kappa shape index (κ3) is 4.54. The van der Waals surface area contributed by atoms with Crippen molar-refractivity contribution in [1.29, 1.82) is 0 Å². The molecule has 0 bridgehead atoms. The maximum Gasteiger partial charge on any atom is 0.224 e. The second-order valence-corrected chi connectivity index (χ2v) is 5.94. The van der Waals surface area contributed by atoms with Crippen LogP contribution < -0.4 is 5.32 Å². The molecule has 1 amide bonds. The molecule has 1 fully saturated rings. The van der Waals surface area contributed by atoms with Crippen LogP contribution in [0.5, 0.6) is 0 Å². The SMILES string of the molecule is Cc1cc(Cl)ccc1CC(=O)NC1CCCCCC1. The number of hydrogen-bond donors (Lipinski definition) is 1. The lowest BCUT2D eigenvalue weighted by Gasteiger charge is -2.16. The van der Waals surface area contributed by atoms with E-state index < -0.39 is 0 Å². The van der Waals surface area contributed by atoms with E-state index in [2.05, 4.69) is 5.32 Å². The highest BCUT2D eigenvalue weighted by atomic mass is 35.5. The maximum atomic E-state index is 12.1. The van der Waals surface area contributed by atoms with Crippen molar-refractivity contribution >= 4 is 17.5 Å². The molecule has 1 aromatic carbocycles. The van der Waals surface area contributed by atoms with Crippen LogP contribution in [0.2, 0.25) is 5.02 Å². The van der Waals surface area contributed by atoms with E-state index in [1.165, 1.54) is 25.7 Å². The van der Waals surface area contributed by atoms with Gasteiger partial charge >= 0.3 is 0 Å². The molecule has 1 aliphatic carbocycles. The average Bonchev–Trinajstić information content (AvgIpc) is 2.61. The molecule has 0 aliphatic heterocycles. The van der Waals surface area contributed by atoms with Crippen LogP contribution in [0.4, 0.5) is 0 Å². The van der Waals surface area contributed by atoms with Crippen LogP contribution in [0.25, 0.3) is 0 Å². The molecule has 1 saturated carbocycles. The van der Waals surface area contributed by atoms with Crippen molar-refractivity contribution in [1.82, 2.24) is 5.32 Å². The number of carbonyl (C=O) groups is 1. The summed E-state index contributed by atoms with van der Waals surface area (Å²) < 4.78 is 0. The molecule has 0 heterocycles. The Hall–Kier alpha value is -1.02. The number of benzene rings is 1. The minimum atomic E-state index is 0.136. The zero-order chi connectivity index (χ0) is 13.7. The summed E-state index contributed by atoms with van der Waals surface area (Å²) in [6, 6.07) is 6.09. The number of nitrogens with one attached hydrogen (secondary N) is 1. The smallest absolute Gasteiger partial charge is 0.224 e. The summed E-state index contributed by atoms with van der Waals surface area (Å²) in [5, 5.41) is 3.90. The lowest BCUT2D eigenvalue weighted by molar-refractivity contribution is -0.121. The second kappa shape index (κ2) is 6.95. The average molecular weight is 280 g/mol. The monoisotopic (exact) mass is 279 g/mol. The number of aryl methyl sites for hydroxylation is 1. The predicted molar refractivity (Wildman–Crippen MR) is 79.5 cm³/mol. The topological polar surface area (TPSA) is 29.1 Å². The van der Waals surface area contributed by atoms with Crippen molar-refractivity contribution in [3.8, 4) is 0 Å². The molecular formula is C16H22ClNO. The van der Waals surface area contributed by atoms with Crippen LogP contribution in [0, 0.1) is 6.92 Å². The Labute approximate surface area is 120 Å². The molecule has 2 rings (SSSR count). The van der Waals surface area contributed by atoms with Crippen LogP contribution in [0.15, 0.2) is 18.2 Å². The van der Waals surface area contributed by atoms with Crippen molar-refractivity contribution in [3.05, 3.63) is 34.3 Å². The van der Waals surface area contributed by atoms with E-state index in [1.54, 1.807) is 0 Å². The van der Waals surface area contributed by atoms with Gasteiger partial charge in [0.15, 0.2) is 0 Å². The molecule has 1 aliphatic rings. The number of hydrogen-bond acceptors (Lipinski definition) is 1. The number of rotatable bonds is 3. The molecule has 0 aromatic heterocycles. The fraction of sp³-hybridized carbons (Fsp3) is 0.562. The first-order chi connectivity index (χ1) is 9.15. The van der Waals surface area contributed by atoms with Crippen LogP contribution in [-0.2, 0) is 11.2 Å². The van der Waals surface area contributed by atoms with E-state index in [4.69, 9.17) is 11.6 Å². The van der Waals surface area contributed by atoms with Crippen LogP contribution in [-0.4, -0.2) is 11.9 Å². The van der Waals surface area contributed by atoms with Crippen molar-refractivity contribution in [2.75, 3.05) is 0 Å². The highest BCUT2D eigenvalue weighted by Crippen LogP contribution is 2.18. The van der Waals surface area contributed by atoms with Crippen molar-refractivity contribution in [2.24, 2.45) is 0 Å². The van der Waals surface area contributed by atoms with E-state index in [0.29, 0.717) is 12.5 Å². The predicted octanol–water partition coefficient (Wildman–Crippen LogP) is 4.03. The number of halogens is 1. The van der Waals surface area contributed by atoms with Gasteiger partial charge in [0.1, 0.15) is 0 Å². The van der Waals surface area contributed by atoms with Gasteiger partial charge in [-0.25, -0.2) is 0 Å². The van der Waals surface area contributed by atoms with Gasteiger partial charge in [0.05, 0.1) is 6.42 Å². The molecule has 2 nitrogen and oxygen atoms in total. The molecule has 0 radical (unpaired) electrons. The zero-order valence-electron chi connectivity index (χ0n) is 11.5. The Morgan fingerprint density at radius 3 is 2.58 bits per heavy atom. The first kappa shape index (κ1) is 14.4. The Balaban J connectivity index is 1.89. The fourth-order valence-electron chi connectivity index (χ4n) is 2.73. The van der Waals surface area contributed by atoms with Gasteiger partial charge in [0, 0.05) is 11.1 Å². The molecule has 1 aromatic rings. The van der Waals surface area contributed by atoms with Gasteiger partial charge in [-0.3, -0.25) is 4.79 Å². The number of carbonyl (C=O) groups excluding carboxylic acids is 1. The second-order valence-electron chi connectivity index (χ2n) is 5.50. The van der Waals surface area contributed by atoms with Gasteiger partial charge in [-0.2, -0.15) is 0 Å². The summed E-state index contributed by atoms with van der Waals surface area (Å²) in [5.74, 6) is 0.136. The molecule has 104 valence electrons. The van der Waals surface area contributed by atoms with Crippen LogP contribution >= 0.6 is 11.6 Å². The highest BCUT2D eigenvalue weighted by molar-refractivity contribution is 6.30. The first-order valence-electron chi connectivity index (χ1n) is 7.19. The Morgan fingerprint density at radius 2 is 1.95 bits per heavy atom. The molecule has 0 unspecified atom stereocenters. The quantitative estimate of drug-likeness (QED) is 0.832. The molecule has 0 atom stereocenters. The Bertz CT molecular complexity index is 436. The van der Waals surface area contributed by atoms with Gasteiger partial charge < -0.3 is 5.32 Å². The van der Waals surface area contributed by atoms with E-state index in [-0.39, 0.29) is 5.91 Å². The van der Waals surface area contributed by atoms with E-state index in [1.807, 2.05) is 25.1 Å². The van der Waals surface area contributed by atoms with Crippen LogP contribution in [0.3, 0.4) is 0 Å². The summed E-state index contributed by atoms with van der Waals surface area (Å²) >= 11 is 5.93. The first-order valence-corrected chi connectivity index (χ1v) is 7.57. The summed E-state index contributed by atoms with van der Waals surface area (Å²) in [5.41, 5.74) is 2.15. The van der Waals surface area contributed by atoms with Gasteiger partial charge in [0.25, 0.3) is 0 Å². The molecule has 3 heteroatoms. The summed E-state index contributed by atoms with van der Waals surface area (Å²) in [6.07, 6.45) is 7.82. The Morgan fingerprint density at radius 1 is 1.26 bits per heavy atom. The van der Waals surface area contributed by atoms with E-state index >= 15 is 0 Å². The standard InChI is InChI=1S/C16H22ClNO/c1-12-10-14(17)9-8-13(12)11-16(19)18-15-6-4-2-3-5-7-15/h8-10,15H,2-7,11H2,1H3,(H,18,19). The van der Waals surface area contributed by atoms with Gasteiger partial charge in [-0.15, -0.1) is 0 Å². The van der Waals surface area contributed by atoms with Gasteiger partial charge in [-0.1, -0.05) is 43.4 Å². The minimum absolute atomic E-state index is 0.136. The maximum absolute atomic E-state index is 12.1. The largest absolute Gasteiger partial charge is 0.353 e. The van der Waals surface area contributed by atoms with Crippen molar-refractivity contribution in [2.45, 2.75) is 57.9 Å². The van der Waals surface area contributed by atoms with Gasteiger partial charge in [0.2, 0.25) is 5.91 Å². The highest BCUT2D eigenvalue weighted by Gasteiger charge is 2.15. The Kier molecular flexibility index (Phi) is 5.26. The lowest BCUT2D eigenvalue weighted by atomic mass is 10.0. The summed E-state index contributed by atoms with van der Waals surface area (Å²) in [7, 11) is 0. The fourth-order valence-corrected chi connectivity index (χ4v) is 2.96. The molecule has 1 N–H and O–H groups in total. The normalized spacial score (nSPS) is 16.9. The van der Waals surface area contributed by atoms with Gasteiger partial charge in [-0.05, 0) is 43.0 Å². The van der Waals surface area contributed by atoms with E-state index in [9.17, 15) is 4.79 Å².